The van der Waals surface area contributed by atoms with Gasteiger partial charge in [-0.3, -0.25) is 4.79 Å². The van der Waals surface area contributed by atoms with Crippen molar-refractivity contribution in [1.82, 2.24) is 4.90 Å². The highest BCUT2D eigenvalue weighted by atomic mass is 32.1. The zero-order chi connectivity index (χ0) is 15.3. The number of hydrogen-bond donors (Lipinski definition) is 1. The van der Waals surface area contributed by atoms with Crippen LogP contribution in [0.15, 0.2) is 0 Å². The van der Waals surface area contributed by atoms with E-state index in [1.165, 1.54) is 0 Å². The number of hydrogen-bond acceptors (Lipinski definition) is 2. The molecule has 2 N–H and O–H groups in total. The van der Waals surface area contributed by atoms with E-state index in [0.29, 0.717) is 19.3 Å². The SMILES string of the molecule is CCCN(CC(F)(F)F)C(=O)C(CC)(CC)C(N)=S. The van der Waals surface area contributed by atoms with Gasteiger partial charge in [-0.25, -0.2) is 0 Å². The first-order valence-corrected chi connectivity index (χ1v) is 6.71. The van der Waals surface area contributed by atoms with Gasteiger partial charge in [-0.05, 0) is 19.3 Å². The van der Waals surface area contributed by atoms with Gasteiger partial charge in [-0.2, -0.15) is 13.2 Å². The van der Waals surface area contributed by atoms with Crippen molar-refractivity contribution < 1.29 is 18.0 Å². The molecule has 0 radical (unpaired) electrons. The summed E-state index contributed by atoms with van der Waals surface area (Å²) in [7, 11) is 0. The van der Waals surface area contributed by atoms with E-state index in [2.05, 4.69) is 0 Å². The summed E-state index contributed by atoms with van der Waals surface area (Å²) >= 11 is 4.90. The van der Waals surface area contributed by atoms with E-state index in [1.54, 1.807) is 20.8 Å². The molecule has 0 saturated heterocycles. The minimum Gasteiger partial charge on any atom is -0.392 e. The number of alkyl halides is 3. The van der Waals surface area contributed by atoms with Crippen molar-refractivity contribution in [3.63, 3.8) is 0 Å². The van der Waals surface area contributed by atoms with E-state index in [4.69, 9.17) is 18.0 Å². The van der Waals surface area contributed by atoms with Crippen molar-refractivity contribution in [2.75, 3.05) is 13.1 Å². The van der Waals surface area contributed by atoms with Crippen LogP contribution in [0.2, 0.25) is 0 Å². The van der Waals surface area contributed by atoms with Gasteiger partial charge < -0.3 is 10.6 Å². The highest BCUT2D eigenvalue weighted by molar-refractivity contribution is 7.80. The number of amides is 1. The largest absolute Gasteiger partial charge is 0.406 e. The zero-order valence-corrected chi connectivity index (χ0v) is 12.3. The van der Waals surface area contributed by atoms with E-state index in [0.717, 1.165) is 4.90 Å². The second-order valence-corrected chi connectivity index (χ2v) is 4.94. The van der Waals surface area contributed by atoms with Crippen molar-refractivity contribution in [3.05, 3.63) is 0 Å². The predicted molar refractivity (Wildman–Crippen MR) is 72.7 cm³/mol. The fraction of sp³-hybridized carbons (Fsp3) is 0.833. The van der Waals surface area contributed by atoms with Crippen LogP contribution < -0.4 is 5.73 Å². The van der Waals surface area contributed by atoms with Gasteiger partial charge in [0, 0.05) is 6.54 Å². The summed E-state index contributed by atoms with van der Waals surface area (Å²) in [6.07, 6.45) is -3.37. The maximum absolute atomic E-state index is 12.5. The van der Waals surface area contributed by atoms with Crippen LogP contribution in [-0.4, -0.2) is 35.1 Å². The van der Waals surface area contributed by atoms with Crippen LogP contribution >= 0.6 is 12.2 Å². The molecule has 0 aliphatic heterocycles. The molecule has 0 rings (SSSR count). The first kappa shape index (κ1) is 18.1. The van der Waals surface area contributed by atoms with E-state index in [1.807, 2.05) is 0 Å². The summed E-state index contributed by atoms with van der Waals surface area (Å²) in [5, 5.41) is 0. The number of rotatable bonds is 7. The second kappa shape index (κ2) is 7.07. The fourth-order valence-electron chi connectivity index (χ4n) is 2.05. The Morgan fingerprint density at radius 3 is 1.95 bits per heavy atom. The molecule has 112 valence electrons. The van der Waals surface area contributed by atoms with Crippen LogP contribution in [0.5, 0.6) is 0 Å². The molecule has 0 fully saturated rings. The molecule has 0 bridgehead atoms. The van der Waals surface area contributed by atoms with Crippen molar-refractivity contribution in [1.29, 1.82) is 0 Å². The molecule has 0 heterocycles. The molecule has 0 spiro atoms. The number of thiocarbonyl (C=S) groups is 1. The Hall–Kier alpha value is -0.850. The minimum absolute atomic E-state index is 0.0363. The van der Waals surface area contributed by atoms with E-state index in [-0.39, 0.29) is 11.5 Å². The first-order chi connectivity index (χ1) is 8.64. The number of nitrogens with two attached hydrogens (primary N) is 1. The van der Waals surface area contributed by atoms with Gasteiger partial charge in [0.2, 0.25) is 5.91 Å². The molecule has 3 nitrogen and oxygen atoms in total. The summed E-state index contributed by atoms with van der Waals surface area (Å²) in [5.41, 5.74) is 4.42. The smallest absolute Gasteiger partial charge is 0.392 e. The lowest BCUT2D eigenvalue weighted by atomic mass is 9.80. The number of halogens is 3. The number of nitrogens with zero attached hydrogens (tertiary/aromatic N) is 1. The van der Waals surface area contributed by atoms with Crippen molar-refractivity contribution in [2.45, 2.75) is 46.2 Å². The molecule has 0 aliphatic rings. The third-order valence-electron chi connectivity index (χ3n) is 3.24. The van der Waals surface area contributed by atoms with Gasteiger partial charge in [0.15, 0.2) is 0 Å². The third-order valence-corrected chi connectivity index (χ3v) is 3.63. The lowest BCUT2D eigenvalue weighted by Crippen LogP contribution is -2.52. The molecular formula is C12H21F3N2OS. The predicted octanol–water partition coefficient (Wildman–Crippen LogP) is 2.88. The van der Waals surface area contributed by atoms with Gasteiger partial charge in [-0.1, -0.05) is 33.0 Å². The van der Waals surface area contributed by atoms with Crippen LogP contribution in [0.4, 0.5) is 13.2 Å². The Morgan fingerprint density at radius 1 is 1.21 bits per heavy atom. The fourth-order valence-corrected chi connectivity index (χ4v) is 2.42. The average molecular weight is 298 g/mol. The Labute approximate surface area is 117 Å². The molecule has 7 heteroatoms. The molecule has 0 saturated carbocycles. The lowest BCUT2D eigenvalue weighted by Gasteiger charge is -2.35. The van der Waals surface area contributed by atoms with Gasteiger partial charge in [0.05, 0.1) is 10.4 Å². The van der Waals surface area contributed by atoms with Crippen LogP contribution in [0.3, 0.4) is 0 Å². The number of carbonyl (C=O) groups is 1. The van der Waals surface area contributed by atoms with Crippen molar-refractivity contribution in [3.8, 4) is 0 Å². The Kier molecular flexibility index (Phi) is 6.76. The zero-order valence-electron chi connectivity index (χ0n) is 11.5. The van der Waals surface area contributed by atoms with Gasteiger partial charge in [-0.15, -0.1) is 0 Å². The number of carbonyl (C=O) groups excluding carboxylic acids is 1. The maximum Gasteiger partial charge on any atom is 0.406 e. The highest BCUT2D eigenvalue weighted by Gasteiger charge is 2.43. The van der Waals surface area contributed by atoms with Gasteiger partial charge >= 0.3 is 6.18 Å². The molecule has 0 aromatic carbocycles. The maximum atomic E-state index is 12.5. The molecule has 0 unspecified atom stereocenters. The summed E-state index contributed by atoms with van der Waals surface area (Å²) < 4.78 is 37.6. The molecule has 19 heavy (non-hydrogen) atoms. The summed E-state index contributed by atoms with van der Waals surface area (Å²) in [4.78, 5) is 13.2. The van der Waals surface area contributed by atoms with Crippen LogP contribution in [0.25, 0.3) is 0 Å². The van der Waals surface area contributed by atoms with Crippen molar-refractivity contribution in [2.24, 2.45) is 11.1 Å². The average Bonchev–Trinajstić information content (AvgIpc) is 2.28. The quantitative estimate of drug-likeness (QED) is 0.735. The summed E-state index contributed by atoms with van der Waals surface area (Å²) in [5.74, 6) is -0.621. The molecule has 0 aliphatic carbocycles. The lowest BCUT2D eigenvalue weighted by molar-refractivity contribution is -0.165. The van der Waals surface area contributed by atoms with E-state index < -0.39 is 24.0 Å². The first-order valence-electron chi connectivity index (χ1n) is 6.30. The highest BCUT2D eigenvalue weighted by Crippen LogP contribution is 2.31. The minimum atomic E-state index is -4.42. The van der Waals surface area contributed by atoms with Crippen LogP contribution in [0.1, 0.15) is 40.0 Å². The molecule has 0 aromatic rings. The normalized spacial score (nSPS) is 12.3. The molecular weight excluding hydrogens is 277 g/mol. The van der Waals surface area contributed by atoms with E-state index in [9.17, 15) is 18.0 Å². The Morgan fingerprint density at radius 2 is 1.68 bits per heavy atom. The third kappa shape index (κ3) is 4.63. The van der Waals surface area contributed by atoms with E-state index >= 15 is 0 Å². The summed E-state index contributed by atoms with van der Waals surface area (Å²) in [6, 6.07) is 0. The topological polar surface area (TPSA) is 46.3 Å². The Balaban J connectivity index is 5.31. The van der Waals surface area contributed by atoms with Crippen LogP contribution in [-0.2, 0) is 4.79 Å². The molecule has 1 amide bonds. The van der Waals surface area contributed by atoms with Crippen molar-refractivity contribution >= 4 is 23.1 Å². The monoisotopic (exact) mass is 298 g/mol. The second-order valence-electron chi connectivity index (χ2n) is 4.50. The molecule has 0 aromatic heterocycles. The Bertz CT molecular complexity index is 327. The summed E-state index contributed by atoms with van der Waals surface area (Å²) in [6.45, 7) is 3.92. The molecule has 0 atom stereocenters. The van der Waals surface area contributed by atoms with Crippen LogP contribution in [0, 0.1) is 5.41 Å². The standard InChI is InChI=1S/C12H21F3N2OS/c1-4-7-17(8-12(13,14)15)10(18)11(5-2,6-3)9(16)19/h4-8H2,1-3H3,(H2,16,19). The van der Waals surface area contributed by atoms with Gasteiger partial charge in [0.1, 0.15) is 6.54 Å². The van der Waals surface area contributed by atoms with Gasteiger partial charge in [0.25, 0.3) is 0 Å².